The van der Waals surface area contributed by atoms with Crippen LogP contribution in [0.4, 0.5) is 0 Å². The van der Waals surface area contributed by atoms with Crippen LogP contribution in [0.15, 0.2) is 74.7 Å². The van der Waals surface area contributed by atoms with E-state index in [0.717, 1.165) is 32.5 Å². The number of benzene rings is 2. The van der Waals surface area contributed by atoms with E-state index in [1.54, 1.807) is 11.3 Å². The monoisotopic (exact) mass is 477 g/mol. The molecular formula is C25H24BrN3S. The zero-order valence-corrected chi connectivity index (χ0v) is 19.1. The number of thiazole rings is 1. The summed E-state index contributed by atoms with van der Waals surface area (Å²) in [7, 11) is 0. The Labute approximate surface area is 189 Å². The van der Waals surface area contributed by atoms with Gasteiger partial charge in [-0.15, -0.1) is 16.4 Å². The molecule has 4 aliphatic carbocycles. The van der Waals surface area contributed by atoms with Crippen molar-refractivity contribution in [1.29, 1.82) is 0 Å². The summed E-state index contributed by atoms with van der Waals surface area (Å²) in [6.45, 7) is 0. The number of halogens is 1. The summed E-state index contributed by atoms with van der Waals surface area (Å²) < 4.78 is 3.33. The summed E-state index contributed by atoms with van der Waals surface area (Å²) in [5, 5.41) is 12.0. The van der Waals surface area contributed by atoms with E-state index < -0.39 is 0 Å². The second kappa shape index (κ2) is 7.61. The molecule has 0 amide bonds. The lowest BCUT2D eigenvalue weighted by Crippen LogP contribution is -2.45. The van der Waals surface area contributed by atoms with Crippen molar-refractivity contribution in [3.8, 4) is 16.9 Å². The first-order valence-corrected chi connectivity index (χ1v) is 12.6. The summed E-state index contributed by atoms with van der Waals surface area (Å²) in [4.78, 5) is 0.945. The Bertz CT molecular complexity index is 1130. The van der Waals surface area contributed by atoms with Gasteiger partial charge in [0.1, 0.15) is 0 Å². The Hall–Kier alpha value is -1.98. The van der Waals surface area contributed by atoms with Gasteiger partial charge >= 0.3 is 0 Å². The Kier molecular flexibility index (Phi) is 4.76. The van der Waals surface area contributed by atoms with Crippen molar-refractivity contribution in [2.45, 2.75) is 32.1 Å². The zero-order valence-electron chi connectivity index (χ0n) is 16.7. The quantitative estimate of drug-likeness (QED) is 0.376. The highest BCUT2D eigenvalue weighted by molar-refractivity contribution is 9.10. The van der Waals surface area contributed by atoms with Crippen LogP contribution in [0, 0.1) is 23.7 Å². The molecule has 0 radical (unpaired) electrons. The van der Waals surface area contributed by atoms with Gasteiger partial charge in [0.05, 0.1) is 5.69 Å². The Morgan fingerprint density at radius 1 is 0.800 bits per heavy atom. The average molecular weight is 478 g/mol. The molecule has 3 nitrogen and oxygen atoms in total. The van der Waals surface area contributed by atoms with Crippen LogP contribution in [0.2, 0.25) is 0 Å². The number of hydrogen-bond donors (Lipinski definition) is 0. The maximum Gasteiger partial charge on any atom is 0.215 e. The lowest BCUT2D eigenvalue weighted by molar-refractivity contribution is 0.108. The minimum absolute atomic E-state index is 0.682. The third kappa shape index (κ3) is 3.32. The first kappa shape index (κ1) is 18.8. The van der Waals surface area contributed by atoms with E-state index in [1.165, 1.54) is 43.4 Å². The van der Waals surface area contributed by atoms with E-state index in [4.69, 9.17) is 10.2 Å². The number of para-hydroxylation sites is 1. The topological polar surface area (TPSA) is 29.6 Å². The molecule has 0 spiro atoms. The molecule has 4 aliphatic rings. The maximum absolute atomic E-state index is 4.92. The molecule has 30 heavy (non-hydrogen) atoms. The van der Waals surface area contributed by atoms with Crippen LogP contribution >= 0.6 is 27.3 Å². The summed E-state index contributed by atoms with van der Waals surface area (Å²) in [5.74, 6) is 3.26. The van der Waals surface area contributed by atoms with Crippen molar-refractivity contribution in [1.82, 2.24) is 4.57 Å². The van der Waals surface area contributed by atoms with Crippen LogP contribution in [0.25, 0.3) is 16.9 Å². The molecule has 3 aromatic rings. The van der Waals surface area contributed by atoms with Gasteiger partial charge in [-0.25, -0.2) is 0 Å². The van der Waals surface area contributed by atoms with Gasteiger partial charge in [-0.2, -0.15) is 5.10 Å². The van der Waals surface area contributed by atoms with Crippen LogP contribution in [-0.2, 0) is 0 Å². The molecule has 5 heteroatoms. The van der Waals surface area contributed by atoms with E-state index in [-0.39, 0.29) is 0 Å². The minimum Gasteiger partial charge on any atom is -0.284 e. The molecule has 4 saturated carbocycles. The van der Waals surface area contributed by atoms with Crippen LogP contribution in [-0.4, -0.2) is 10.3 Å². The Morgan fingerprint density at radius 3 is 2.13 bits per heavy atom. The molecule has 0 N–H and O–H groups in total. The summed E-state index contributed by atoms with van der Waals surface area (Å²) in [5.41, 5.74) is 4.85. The van der Waals surface area contributed by atoms with Gasteiger partial charge in [0, 0.05) is 21.3 Å². The summed E-state index contributed by atoms with van der Waals surface area (Å²) in [6.07, 6.45) is 6.83. The fourth-order valence-electron chi connectivity index (χ4n) is 5.96. The molecule has 1 aromatic heterocycles. The highest BCUT2D eigenvalue weighted by Crippen LogP contribution is 2.52. The molecule has 7 rings (SSSR count). The number of rotatable bonds is 3. The fraction of sp³-hybridized carbons (Fsp3) is 0.360. The SMILES string of the molecule is Brc1ccc(-c2cs/c(=N/N=C3C4CC5CC(C4)CC3C5)n2-c2ccccc2)cc1. The van der Waals surface area contributed by atoms with Crippen LogP contribution in [0.5, 0.6) is 0 Å². The second-order valence-electron chi connectivity index (χ2n) is 9.01. The third-order valence-corrected chi connectivity index (χ3v) is 8.43. The second-order valence-corrected chi connectivity index (χ2v) is 10.8. The first-order valence-electron chi connectivity index (χ1n) is 10.9. The molecule has 1 heterocycles. The molecule has 0 saturated heterocycles. The highest BCUT2D eigenvalue weighted by Gasteiger charge is 2.46. The zero-order chi connectivity index (χ0) is 20.1. The van der Waals surface area contributed by atoms with E-state index in [2.05, 4.69) is 80.5 Å². The van der Waals surface area contributed by atoms with Gasteiger partial charge in [-0.3, -0.25) is 4.57 Å². The average Bonchev–Trinajstić information content (AvgIpc) is 3.18. The smallest absolute Gasteiger partial charge is 0.215 e. The highest BCUT2D eigenvalue weighted by atomic mass is 79.9. The fourth-order valence-corrected chi connectivity index (χ4v) is 7.08. The van der Waals surface area contributed by atoms with Gasteiger partial charge in [-0.1, -0.05) is 46.3 Å². The van der Waals surface area contributed by atoms with E-state index >= 15 is 0 Å². The van der Waals surface area contributed by atoms with E-state index in [9.17, 15) is 0 Å². The molecule has 0 unspecified atom stereocenters. The lowest BCUT2D eigenvalue weighted by Gasteiger charge is -2.50. The molecule has 152 valence electrons. The third-order valence-electron chi connectivity index (χ3n) is 7.09. The number of hydrogen-bond acceptors (Lipinski definition) is 3. The van der Waals surface area contributed by atoms with Crippen molar-refractivity contribution in [3.63, 3.8) is 0 Å². The normalized spacial score (nSPS) is 27.6. The van der Waals surface area contributed by atoms with Crippen LogP contribution < -0.4 is 4.80 Å². The minimum atomic E-state index is 0.682. The van der Waals surface area contributed by atoms with Gasteiger partial charge in [0.25, 0.3) is 0 Å². The predicted molar refractivity (Wildman–Crippen MR) is 127 cm³/mol. The maximum atomic E-state index is 4.92. The summed E-state index contributed by atoms with van der Waals surface area (Å²) >= 11 is 5.22. The van der Waals surface area contributed by atoms with Crippen LogP contribution in [0.1, 0.15) is 32.1 Å². The molecular weight excluding hydrogens is 454 g/mol. The number of aromatic nitrogens is 1. The molecule has 0 aliphatic heterocycles. The van der Waals surface area contributed by atoms with Crippen molar-refractivity contribution >= 4 is 33.0 Å². The van der Waals surface area contributed by atoms with Gasteiger partial charge in [0.2, 0.25) is 4.80 Å². The standard InChI is InChI=1S/C25H24BrN3S/c26-21-8-6-18(7-9-21)23-15-30-25(29(23)22-4-2-1-3-5-22)28-27-24-19-11-16-10-17(13-19)14-20(24)12-16/h1-9,15-17,19-20H,10-14H2/b27-24?,28-25+. The molecule has 4 bridgehead atoms. The largest absolute Gasteiger partial charge is 0.284 e. The van der Waals surface area contributed by atoms with Crippen LogP contribution in [0.3, 0.4) is 0 Å². The molecule has 4 fully saturated rings. The predicted octanol–water partition coefficient (Wildman–Crippen LogP) is 6.68. The molecule has 0 atom stereocenters. The van der Waals surface area contributed by atoms with Crippen molar-refractivity contribution < 1.29 is 0 Å². The van der Waals surface area contributed by atoms with Gasteiger partial charge in [0.15, 0.2) is 0 Å². The summed E-state index contributed by atoms with van der Waals surface area (Å²) in [6, 6.07) is 19.0. The Morgan fingerprint density at radius 2 is 1.47 bits per heavy atom. The van der Waals surface area contributed by atoms with Gasteiger partial charge in [-0.05, 0) is 85.6 Å². The number of nitrogens with zero attached hydrogens (tertiary/aromatic N) is 3. The van der Waals surface area contributed by atoms with E-state index in [0.29, 0.717) is 11.8 Å². The molecule has 2 aromatic carbocycles. The Balaban J connectivity index is 1.45. The van der Waals surface area contributed by atoms with Crippen molar-refractivity contribution in [3.05, 3.63) is 69.3 Å². The van der Waals surface area contributed by atoms with E-state index in [1.807, 2.05) is 0 Å². The van der Waals surface area contributed by atoms with Gasteiger partial charge < -0.3 is 0 Å². The lowest BCUT2D eigenvalue weighted by atomic mass is 9.55. The van der Waals surface area contributed by atoms with Crippen molar-refractivity contribution in [2.75, 3.05) is 0 Å². The van der Waals surface area contributed by atoms with Crippen molar-refractivity contribution in [2.24, 2.45) is 33.9 Å². The first-order chi connectivity index (χ1) is 14.7.